The van der Waals surface area contributed by atoms with Gasteiger partial charge in [0.05, 0.1) is 24.3 Å². The molecule has 2 unspecified atom stereocenters. The minimum Gasteiger partial charge on any atom is -0.398 e. The van der Waals surface area contributed by atoms with Crippen LogP contribution in [-0.2, 0) is 4.74 Å². The van der Waals surface area contributed by atoms with Crippen LogP contribution in [0.5, 0.6) is 0 Å². The number of hydrogen-bond acceptors (Lipinski definition) is 4. The Morgan fingerprint density at radius 2 is 2.16 bits per heavy atom. The first-order valence-electron chi connectivity index (χ1n) is 6.97. The topological polar surface area (TPSA) is 62.3 Å². The van der Waals surface area contributed by atoms with Gasteiger partial charge in [0, 0.05) is 17.9 Å². The third-order valence-electron chi connectivity index (χ3n) is 4.22. The van der Waals surface area contributed by atoms with Crippen LogP contribution in [0.25, 0.3) is 0 Å². The molecule has 0 bridgehead atoms. The SMILES string of the molecule is N#Cc1cc(N2CCOC3CCCCC32)ccc1N. The minimum atomic E-state index is 0.352. The Kier molecular flexibility index (Phi) is 3.31. The largest absolute Gasteiger partial charge is 0.398 e. The van der Waals surface area contributed by atoms with Crippen molar-refractivity contribution in [3.63, 3.8) is 0 Å². The van der Waals surface area contributed by atoms with Crippen LogP contribution in [0.4, 0.5) is 11.4 Å². The van der Waals surface area contributed by atoms with Gasteiger partial charge in [-0.3, -0.25) is 0 Å². The Balaban J connectivity index is 1.90. The van der Waals surface area contributed by atoms with Gasteiger partial charge in [0.15, 0.2) is 0 Å². The van der Waals surface area contributed by atoms with E-state index in [1.807, 2.05) is 18.2 Å². The Morgan fingerprint density at radius 3 is 3.00 bits per heavy atom. The number of nitrogen functional groups attached to an aromatic ring is 1. The summed E-state index contributed by atoms with van der Waals surface area (Å²) in [5.41, 5.74) is 8.02. The van der Waals surface area contributed by atoms with Gasteiger partial charge >= 0.3 is 0 Å². The average molecular weight is 257 g/mol. The molecule has 1 aliphatic heterocycles. The fourth-order valence-electron chi connectivity index (χ4n) is 3.24. The normalized spacial score (nSPS) is 26.6. The van der Waals surface area contributed by atoms with Crippen molar-refractivity contribution in [2.75, 3.05) is 23.8 Å². The maximum absolute atomic E-state index is 9.10. The summed E-state index contributed by atoms with van der Waals surface area (Å²) in [6.45, 7) is 1.67. The van der Waals surface area contributed by atoms with Crippen LogP contribution in [0.1, 0.15) is 31.2 Å². The molecule has 1 heterocycles. The van der Waals surface area contributed by atoms with Crippen LogP contribution in [0, 0.1) is 11.3 Å². The van der Waals surface area contributed by atoms with E-state index in [0.29, 0.717) is 23.4 Å². The number of nitrogens with zero attached hydrogens (tertiary/aromatic N) is 2. The molecule has 4 nitrogen and oxygen atoms in total. The van der Waals surface area contributed by atoms with Crippen LogP contribution in [0.3, 0.4) is 0 Å². The number of rotatable bonds is 1. The van der Waals surface area contributed by atoms with E-state index in [2.05, 4.69) is 11.0 Å². The molecule has 1 saturated carbocycles. The second kappa shape index (κ2) is 5.10. The lowest BCUT2D eigenvalue weighted by molar-refractivity contribution is -0.00867. The highest BCUT2D eigenvalue weighted by Gasteiger charge is 2.34. The summed E-state index contributed by atoms with van der Waals surface area (Å²) in [5, 5.41) is 9.10. The number of fused-ring (bicyclic) bond motifs is 1. The molecule has 0 amide bonds. The van der Waals surface area contributed by atoms with Crippen molar-refractivity contribution in [1.29, 1.82) is 5.26 Å². The molecule has 2 atom stereocenters. The number of morpholine rings is 1. The number of nitrogens with two attached hydrogens (primary N) is 1. The summed E-state index contributed by atoms with van der Waals surface area (Å²) < 4.78 is 5.88. The van der Waals surface area contributed by atoms with E-state index in [1.54, 1.807) is 0 Å². The fraction of sp³-hybridized carbons (Fsp3) is 0.533. The fourth-order valence-corrected chi connectivity index (χ4v) is 3.24. The molecule has 0 aromatic heterocycles. The van der Waals surface area contributed by atoms with Crippen molar-refractivity contribution < 1.29 is 4.74 Å². The molecule has 1 aliphatic carbocycles. The summed E-state index contributed by atoms with van der Waals surface area (Å²) in [6.07, 6.45) is 5.21. The molecule has 3 rings (SSSR count). The van der Waals surface area contributed by atoms with E-state index >= 15 is 0 Å². The van der Waals surface area contributed by atoms with Crippen LogP contribution >= 0.6 is 0 Å². The molecule has 2 fully saturated rings. The second-order valence-corrected chi connectivity index (χ2v) is 5.34. The third-order valence-corrected chi connectivity index (χ3v) is 4.22. The van der Waals surface area contributed by atoms with Gasteiger partial charge in [-0.25, -0.2) is 0 Å². The Hall–Kier alpha value is -1.73. The summed E-state index contributed by atoms with van der Waals surface area (Å²) in [5.74, 6) is 0. The van der Waals surface area contributed by atoms with Crippen LogP contribution in [-0.4, -0.2) is 25.3 Å². The molecule has 2 N–H and O–H groups in total. The summed E-state index contributed by atoms with van der Waals surface area (Å²) in [6, 6.07) is 8.38. The number of hydrogen-bond donors (Lipinski definition) is 1. The van der Waals surface area contributed by atoms with Gasteiger partial charge in [0.1, 0.15) is 6.07 Å². The van der Waals surface area contributed by atoms with Crippen molar-refractivity contribution in [2.24, 2.45) is 0 Å². The second-order valence-electron chi connectivity index (χ2n) is 5.34. The van der Waals surface area contributed by atoms with E-state index in [-0.39, 0.29) is 0 Å². The zero-order valence-electron chi connectivity index (χ0n) is 11.0. The van der Waals surface area contributed by atoms with Crippen molar-refractivity contribution in [2.45, 2.75) is 37.8 Å². The van der Waals surface area contributed by atoms with E-state index in [0.717, 1.165) is 25.3 Å². The quantitative estimate of drug-likeness (QED) is 0.784. The standard InChI is InChI=1S/C15H19N3O/c16-10-11-9-12(5-6-13(11)17)18-7-8-19-15-4-2-1-3-14(15)18/h5-6,9,14-15H,1-4,7-8,17H2. The summed E-state index contributed by atoms with van der Waals surface area (Å²) in [7, 11) is 0. The van der Waals surface area contributed by atoms with Gasteiger partial charge in [-0.15, -0.1) is 0 Å². The van der Waals surface area contributed by atoms with Gasteiger partial charge < -0.3 is 15.4 Å². The smallest absolute Gasteiger partial charge is 0.101 e. The lowest BCUT2D eigenvalue weighted by Crippen LogP contribution is -2.52. The van der Waals surface area contributed by atoms with Crippen LogP contribution < -0.4 is 10.6 Å². The first-order chi connectivity index (χ1) is 9.29. The highest BCUT2D eigenvalue weighted by atomic mass is 16.5. The zero-order chi connectivity index (χ0) is 13.2. The molecule has 1 aromatic rings. The van der Waals surface area contributed by atoms with Crippen LogP contribution in [0.2, 0.25) is 0 Å². The minimum absolute atomic E-state index is 0.352. The number of benzene rings is 1. The van der Waals surface area contributed by atoms with Gasteiger partial charge in [-0.05, 0) is 31.0 Å². The maximum atomic E-state index is 9.10. The molecule has 1 aromatic carbocycles. The van der Waals surface area contributed by atoms with E-state index in [4.69, 9.17) is 15.7 Å². The lowest BCUT2D eigenvalue weighted by Gasteiger charge is -2.45. The number of ether oxygens (including phenoxy) is 1. The maximum Gasteiger partial charge on any atom is 0.101 e. The highest BCUT2D eigenvalue weighted by Crippen LogP contribution is 2.32. The van der Waals surface area contributed by atoms with Gasteiger partial charge in [-0.2, -0.15) is 5.26 Å². The molecular formula is C15H19N3O. The lowest BCUT2D eigenvalue weighted by atomic mass is 9.89. The predicted octanol–water partition coefficient (Wildman–Crippen LogP) is 2.29. The Labute approximate surface area is 113 Å². The van der Waals surface area contributed by atoms with E-state index in [9.17, 15) is 0 Å². The first-order valence-corrected chi connectivity index (χ1v) is 6.97. The average Bonchev–Trinajstić information content (AvgIpc) is 2.47. The molecule has 0 spiro atoms. The molecule has 19 heavy (non-hydrogen) atoms. The highest BCUT2D eigenvalue weighted by molar-refractivity contribution is 5.63. The van der Waals surface area contributed by atoms with Crippen molar-refractivity contribution >= 4 is 11.4 Å². The molecule has 0 radical (unpaired) electrons. The number of anilines is 2. The van der Waals surface area contributed by atoms with E-state index < -0.39 is 0 Å². The van der Waals surface area contributed by atoms with Gasteiger partial charge in [0.25, 0.3) is 0 Å². The monoisotopic (exact) mass is 257 g/mol. The Bertz CT molecular complexity index is 507. The summed E-state index contributed by atoms with van der Waals surface area (Å²) in [4.78, 5) is 2.40. The Morgan fingerprint density at radius 1 is 1.32 bits per heavy atom. The zero-order valence-corrected chi connectivity index (χ0v) is 11.0. The molecule has 4 heteroatoms. The predicted molar refractivity (Wildman–Crippen MR) is 74.9 cm³/mol. The van der Waals surface area contributed by atoms with Crippen molar-refractivity contribution in [1.82, 2.24) is 0 Å². The van der Waals surface area contributed by atoms with Crippen LogP contribution in [0.15, 0.2) is 18.2 Å². The first kappa shape index (κ1) is 12.3. The summed E-state index contributed by atoms with van der Waals surface area (Å²) >= 11 is 0. The molecule has 2 aliphatic rings. The van der Waals surface area contributed by atoms with Gasteiger partial charge in [-0.1, -0.05) is 12.8 Å². The molecule has 100 valence electrons. The van der Waals surface area contributed by atoms with Crippen molar-refractivity contribution in [3.05, 3.63) is 23.8 Å². The third kappa shape index (κ3) is 2.26. The number of nitriles is 1. The van der Waals surface area contributed by atoms with Gasteiger partial charge in [0.2, 0.25) is 0 Å². The molecular weight excluding hydrogens is 238 g/mol. The molecule has 1 saturated heterocycles. The van der Waals surface area contributed by atoms with Crippen molar-refractivity contribution in [3.8, 4) is 6.07 Å². The van der Waals surface area contributed by atoms with E-state index in [1.165, 1.54) is 19.3 Å².